The number of hydrogen-bond acceptors (Lipinski definition) is 3. The number of carbonyl (C=O) groups excluding carboxylic acids is 2. The standard InChI is InChI=1S/C21H43N3O2/c1-18(2,3)20(7,8)16(25)22-12-14-24(11)15-13-23-17(26)21(9,10)19(4,5)6/h12-15H2,1-11H3,(H,22,25)(H,23,26). The molecule has 0 bridgehead atoms. The lowest BCUT2D eigenvalue weighted by atomic mass is 9.69. The van der Waals surface area contributed by atoms with Crippen LogP contribution in [0, 0.1) is 21.7 Å². The van der Waals surface area contributed by atoms with Gasteiger partial charge in [0.15, 0.2) is 0 Å². The van der Waals surface area contributed by atoms with E-state index in [1.165, 1.54) is 0 Å². The van der Waals surface area contributed by atoms with E-state index in [0.29, 0.717) is 13.1 Å². The molecule has 0 rings (SSSR count). The second-order valence-electron chi connectivity index (χ2n) is 10.6. The maximum atomic E-state index is 12.4. The minimum Gasteiger partial charge on any atom is -0.354 e. The first kappa shape index (κ1) is 24.9. The molecule has 0 heterocycles. The van der Waals surface area contributed by atoms with Crippen molar-refractivity contribution < 1.29 is 9.59 Å². The van der Waals surface area contributed by atoms with Crippen molar-refractivity contribution in [3.63, 3.8) is 0 Å². The maximum Gasteiger partial charge on any atom is 0.226 e. The fraction of sp³-hybridized carbons (Fsp3) is 0.905. The van der Waals surface area contributed by atoms with Gasteiger partial charge in [-0.3, -0.25) is 9.59 Å². The van der Waals surface area contributed by atoms with Crippen LogP contribution in [0.2, 0.25) is 0 Å². The van der Waals surface area contributed by atoms with Gasteiger partial charge in [0.1, 0.15) is 0 Å². The lowest BCUT2D eigenvalue weighted by molar-refractivity contribution is -0.135. The van der Waals surface area contributed by atoms with Crippen LogP contribution in [0.25, 0.3) is 0 Å². The average Bonchev–Trinajstić information content (AvgIpc) is 2.44. The van der Waals surface area contributed by atoms with E-state index in [0.717, 1.165) is 13.1 Å². The summed E-state index contributed by atoms with van der Waals surface area (Å²) in [6.45, 7) is 23.2. The van der Waals surface area contributed by atoms with Gasteiger partial charge in [-0.25, -0.2) is 0 Å². The molecule has 5 heteroatoms. The number of nitrogens with zero attached hydrogens (tertiary/aromatic N) is 1. The van der Waals surface area contributed by atoms with Gasteiger partial charge in [-0.2, -0.15) is 0 Å². The van der Waals surface area contributed by atoms with Gasteiger partial charge in [0.05, 0.1) is 0 Å². The summed E-state index contributed by atoms with van der Waals surface area (Å²) in [4.78, 5) is 26.9. The van der Waals surface area contributed by atoms with Crippen LogP contribution in [0.4, 0.5) is 0 Å². The van der Waals surface area contributed by atoms with Gasteiger partial charge in [-0.15, -0.1) is 0 Å². The molecule has 0 atom stereocenters. The number of carbonyl (C=O) groups is 2. The Bertz CT molecular complexity index is 438. The van der Waals surface area contributed by atoms with Gasteiger partial charge in [0.2, 0.25) is 11.8 Å². The first-order chi connectivity index (χ1) is 11.4. The summed E-state index contributed by atoms with van der Waals surface area (Å²) in [5.41, 5.74) is -1.02. The molecule has 2 N–H and O–H groups in total. The van der Waals surface area contributed by atoms with Gasteiger partial charge in [0, 0.05) is 37.0 Å². The van der Waals surface area contributed by atoms with Crippen LogP contribution in [0.15, 0.2) is 0 Å². The second kappa shape index (κ2) is 8.73. The van der Waals surface area contributed by atoms with E-state index in [1.54, 1.807) is 0 Å². The molecular weight excluding hydrogens is 326 g/mol. The summed E-state index contributed by atoms with van der Waals surface area (Å²) >= 11 is 0. The smallest absolute Gasteiger partial charge is 0.226 e. The third kappa shape index (κ3) is 6.57. The molecule has 0 saturated carbocycles. The summed E-state index contributed by atoms with van der Waals surface area (Å²) in [7, 11) is 2.00. The maximum absolute atomic E-state index is 12.4. The third-order valence-corrected chi connectivity index (χ3v) is 6.44. The molecule has 0 aromatic carbocycles. The Morgan fingerprint density at radius 3 is 1.15 bits per heavy atom. The first-order valence-electron chi connectivity index (χ1n) is 9.70. The molecular formula is C21H43N3O2. The van der Waals surface area contributed by atoms with E-state index in [9.17, 15) is 9.59 Å². The molecule has 154 valence electrons. The predicted molar refractivity (Wildman–Crippen MR) is 110 cm³/mol. The molecule has 0 aliphatic heterocycles. The zero-order valence-corrected chi connectivity index (χ0v) is 19.1. The molecule has 0 aromatic rings. The van der Waals surface area contributed by atoms with E-state index in [2.05, 4.69) is 57.1 Å². The van der Waals surface area contributed by atoms with Crippen LogP contribution in [0.3, 0.4) is 0 Å². The molecule has 26 heavy (non-hydrogen) atoms. The lowest BCUT2D eigenvalue weighted by Gasteiger charge is -2.37. The molecule has 0 saturated heterocycles. The minimum atomic E-state index is -0.419. The highest BCUT2D eigenvalue weighted by atomic mass is 16.2. The molecule has 0 fully saturated rings. The first-order valence-corrected chi connectivity index (χ1v) is 9.70. The van der Waals surface area contributed by atoms with Gasteiger partial charge < -0.3 is 15.5 Å². The van der Waals surface area contributed by atoms with Crippen LogP contribution in [-0.4, -0.2) is 49.9 Å². The molecule has 0 radical (unpaired) electrons. The molecule has 0 aliphatic carbocycles. The van der Waals surface area contributed by atoms with Gasteiger partial charge >= 0.3 is 0 Å². The Kier molecular flexibility index (Phi) is 8.36. The average molecular weight is 370 g/mol. The van der Waals surface area contributed by atoms with E-state index in [-0.39, 0.29) is 22.6 Å². The van der Waals surface area contributed by atoms with Gasteiger partial charge in [-0.1, -0.05) is 69.2 Å². The van der Waals surface area contributed by atoms with Crippen molar-refractivity contribution in [2.75, 3.05) is 33.2 Å². The van der Waals surface area contributed by atoms with Gasteiger partial charge in [0.25, 0.3) is 0 Å². The Morgan fingerprint density at radius 2 is 0.923 bits per heavy atom. The van der Waals surface area contributed by atoms with Crippen LogP contribution >= 0.6 is 0 Å². The summed E-state index contributed by atoms with van der Waals surface area (Å²) in [5, 5.41) is 6.07. The zero-order chi connectivity index (χ0) is 21.0. The summed E-state index contributed by atoms with van der Waals surface area (Å²) in [6.07, 6.45) is 0. The lowest BCUT2D eigenvalue weighted by Crippen LogP contribution is -2.48. The predicted octanol–water partition coefficient (Wildman–Crippen LogP) is 3.30. The highest BCUT2D eigenvalue weighted by molar-refractivity contribution is 5.83. The van der Waals surface area contributed by atoms with Crippen molar-refractivity contribution in [2.45, 2.75) is 69.2 Å². The van der Waals surface area contributed by atoms with Crippen molar-refractivity contribution in [3.05, 3.63) is 0 Å². The Labute approximate surface area is 161 Å². The van der Waals surface area contributed by atoms with E-state index < -0.39 is 10.8 Å². The molecule has 2 amide bonds. The molecule has 0 aromatic heterocycles. The normalized spacial score (nSPS) is 13.7. The Morgan fingerprint density at radius 1 is 0.654 bits per heavy atom. The van der Waals surface area contributed by atoms with Crippen molar-refractivity contribution >= 4 is 11.8 Å². The van der Waals surface area contributed by atoms with Gasteiger partial charge in [-0.05, 0) is 17.9 Å². The van der Waals surface area contributed by atoms with Crippen molar-refractivity contribution in [1.82, 2.24) is 15.5 Å². The van der Waals surface area contributed by atoms with Crippen LogP contribution in [0.1, 0.15) is 69.2 Å². The molecule has 5 nitrogen and oxygen atoms in total. The topological polar surface area (TPSA) is 61.4 Å². The van der Waals surface area contributed by atoms with E-state index >= 15 is 0 Å². The number of rotatable bonds is 8. The fourth-order valence-electron chi connectivity index (χ4n) is 1.96. The van der Waals surface area contributed by atoms with Crippen LogP contribution in [0.5, 0.6) is 0 Å². The number of nitrogens with one attached hydrogen (secondary N) is 2. The molecule has 0 unspecified atom stereocenters. The fourth-order valence-corrected chi connectivity index (χ4v) is 1.96. The highest BCUT2D eigenvalue weighted by Crippen LogP contribution is 2.38. The van der Waals surface area contributed by atoms with Crippen LogP contribution < -0.4 is 10.6 Å². The van der Waals surface area contributed by atoms with E-state index in [4.69, 9.17) is 0 Å². The molecule has 0 spiro atoms. The summed E-state index contributed by atoms with van der Waals surface area (Å²) in [5.74, 6) is 0.164. The summed E-state index contributed by atoms with van der Waals surface area (Å²) < 4.78 is 0. The van der Waals surface area contributed by atoms with Crippen LogP contribution in [-0.2, 0) is 9.59 Å². The van der Waals surface area contributed by atoms with Crippen molar-refractivity contribution in [3.8, 4) is 0 Å². The van der Waals surface area contributed by atoms with Crippen molar-refractivity contribution in [1.29, 1.82) is 0 Å². The second-order valence-corrected chi connectivity index (χ2v) is 10.6. The number of hydrogen-bond donors (Lipinski definition) is 2. The summed E-state index contributed by atoms with van der Waals surface area (Å²) in [6, 6.07) is 0. The Hall–Kier alpha value is -1.10. The monoisotopic (exact) mass is 369 g/mol. The zero-order valence-electron chi connectivity index (χ0n) is 19.1. The largest absolute Gasteiger partial charge is 0.354 e. The third-order valence-electron chi connectivity index (χ3n) is 6.44. The molecule has 0 aliphatic rings. The van der Waals surface area contributed by atoms with Crippen molar-refractivity contribution in [2.24, 2.45) is 21.7 Å². The highest BCUT2D eigenvalue weighted by Gasteiger charge is 2.40. The van der Waals surface area contributed by atoms with E-state index in [1.807, 2.05) is 34.7 Å². The number of likely N-dealkylation sites (N-methyl/N-ethyl adjacent to an activating group) is 1. The SMILES string of the molecule is CN(CCNC(=O)C(C)(C)C(C)(C)C)CCNC(=O)C(C)(C)C(C)(C)C. The quantitative estimate of drug-likeness (QED) is 0.690. The number of amides is 2. The minimum absolute atomic E-state index is 0.0821. The Balaban J connectivity index is 4.25.